The lowest BCUT2D eigenvalue weighted by Gasteiger charge is -2.09. The number of nitrogens with one attached hydrogen (secondary N) is 1. The zero-order valence-corrected chi connectivity index (χ0v) is 8.48. The van der Waals surface area contributed by atoms with Gasteiger partial charge in [0.05, 0.1) is 18.2 Å². The number of rotatable bonds is 5. The molecule has 0 heterocycles. The highest BCUT2D eigenvalue weighted by molar-refractivity contribution is 5.14. The van der Waals surface area contributed by atoms with Crippen LogP contribution in [0.15, 0.2) is 30.3 Å². The summed E-state index contributed by atoms with van der Waals surface area (Å²) in [5.41, 5.74) is 1.15. The molecule has 3 nitrogen and oxygen atoms in total. The maximum absolute atomic E-state index is 8.81. The van der Waals surface area contributed by atoms with Crippen molar-refractivity contribution in [3.63, 3.8) is 0 Å². The first-order chi connectivity index (χ1) is 7.36. The van der Waals surface area contributed by atoms with Gasteiger partial charge in [0, 0.05) is 13.0 Å². The Morgan fingerprint density at radius 2 is 1.93 bits per heavy atom. The molecular formula is C12H13N3. The second kappa shape index (κ2) is 6.59. The van der Waals surface area contributed by atoms with Crippen molar-refractivity contribution in [1.82, 2.24) is 5.32 Å². The van der Waals surface area contributed by atoms with E-state index in [0.717, 1.165) is 5.56 Å². The minimum atomic E-state index is -0.232. The lowest BCUT2D eigenvalue weighted by atomic mass is 10.1. The first kappa shape index (κ1) is 11.2. The molecular weight excluding hydrogens is 186 g/mol. The van der Waals surface area contributed by atoms with Crippen LogP contribution >= 0.6 is 0 Å². The van der Waals surface area contributed by atoms with Crippen molar-refractivity contribution in [2.75, 3.05) is 0 Å². The molecule has 1 N–H and O–H groups in total. The van der Waals surface area contributed by atoms with Crippen LogP contribution in [0.3, 0.4) is 0 Å². The predicted molar refractivity (Wildman–Crippen MR) is 57.5 cm³/mol. The molecule has 0 aromatic heterocycles. The van der Waals surface area contributed by atoms with E-state index in [1.165, 1.54) is 0 Å². The minimum absolute atomic E-state index is 0.232. The largest absolute Gasteiger partial charge is 0.298 e. The van der Waals surface area contributed by atoms with Gasteiger partial charge in [-0.25, -0.2) is 0 Å². The average molecular weight is 199 g/mol. The van der Waals surface area contributed by atoms with Crippen LogP contribution in [0.4, 0.5) is 0 Å². The lowest BCUT2D eigenvalue weighted by molar-refractivity contribution is 0.571. The summed E-state index contributed by atoms with van der Waals surface area (Å²) >= 11 is 0. The molecule has 3 heteroatoms. The summed E-state index contributed by atoms with van der Waals surface area (Å²) in [6.07, 6.45) is 1.000. The number of hydrogen-bond acceptors (Lipinski definition) is 3. The van der Waals surface area contributed by atoms with Gasteiger partial charge in [0.15, 0.2) is 0 Å². The van der Waals surface area contributed by atoms with E-state index in [-0.39, 0.29) is 6.04 Å². The number of nitriles is 2. The lowest BCUT2D eigenvalue weighted by Crippen LogP contribution is -2.26. The van der Waals surface area contributed by atoms with E-state index in [2.05, 4.69) is 11.4 Å². The van der Waals surface area contributed by atoms with Gasteiger partial charge in [-0.3, -0.25) is 5.32 Å². The zero-order chi connectivity index (χ0) is 10.9. The van der Waals surface area contributed by atoms with Crippen molar-refractivity contribution in [2.45, 2.75) is 25.4 Å². The summed E-state index contributed by atoms with van der Waals surface area (Å²) < 4.78 is 0. The smallest absolute Gasteiger partial charge is 0.0965 e. The highest BCUT2D eigenvalue weighted by Gasteiger charge is 2.05. The van der Waals surface area contributed by atoms with Crippen LogP contribution in [0.5, 0.6) is 0 Å². The monoisotopic (exact) mass is 199 g/mol. The molecule has 0 fully saturated rings. The van der Waals surface area contributed by atoms with Crippen LogP contribution in [-0.2, 0) is 6.54 Å². The Morgan fingerprint density at radius 3 is 2.53 bits per heavy atom. The second-order valence-electron chi connectivity index (χ2n) is 3.24. The SMILES string of the molecule is N#CCCC(C#N)NCc1ccccc1. The molecule has 1 rings (SSSR count). The zero-order valence-electron chi connectivity index (χ0n) is 8.48. The van der Waals surface area contributed by atoms with Crippen LogP contribution in [0.2, 0.25) is 0 Å². The Balaban J connectivity index is 2.36. The van der Waals surface area contributed by atoms with E-state index in [4.69, 9.17) is 10.5 Å². The molecule has 1 aromatic rings. The van der Waals surface area contributed by atoms with Gasteiger partial charge in [0.25, 0.3) is 0 Å². The second-order valence-corrected chi connectivity index (χ2v) is 3.24. The van der Waals surface area contributed by atoms with E-state index in [1.54, 1.807) is 0 Å². The van der Waals surface area contributed by atoms with Crippen molar-refractivity contribution < 1.29 is 0 Å². The van der Waals surface area contributed by atoms with Gasteiger partial charge in [-0.15, -0.1) is 0 Å². The van der Waals surface area contributed by atoms with Crippen molar-refractivity contribution >= 4 is 0 Å². The molecule has 1 unspecified atom stereocenters. The van der Waals surface area contributed by atoms with E-state index in [9.17, 15) is 0 Å². The molecule has 15 heavy (non-hydrogen) atoms. The first-order valence-electron chi connectivity index (χ1n) is 4.90. The Kier molecular flexibility index (Phi) is 4.94. The molecule has 0 saturated carbocycles. The van der Waals surface area contributed by atoms with E-state index in [1.807, 2.05) is 36.4 Å². The molecule has 0 bridgehead atoms. The fourth-order valence-corrected chi connectivity index (χ4v) is 1.26. The standard InChI is InChI=1S/C12H13N3/c13-8-4-7-12(9-14)15-10-11-5-2-1-3-6-11/h1-3,5-6,12,15H,4,7,10H2. The normalized spacial score (nSPS) is 11.3. The first-order valence-corrected chi connectivity index (χ1v) is 4.90. The van der Waals surface area contributed by atoms with Crippen LogP contribution in [0.1, 0.15) is 18.4 Å². The van der Waals surface area contributed by atoms with Crippen LogP contribution < -0.4 is 5.32 Å². The molecule has 1 atom stereocenters. The maximum atomic E-state index is 8.81. The van der Waals surface area contributed by atoms with E-state index < -0.39 is 0 Å². The quantitative estimate of drug-likeness (QED) is 0.788. The molecule has 0 radical (unpaired) electrons. The molecule has 0 saturated heterocycles. The third-order valence-electron chi connectivity index (χ3n) is 2.10. The molecule has 0 aliphatic heterocycles. The summed E-state index contributed by atoms with van der Waals surface area (Å²) in [4.78, 5) is 0. The number of nitrogens with zero attached hydrogens (tertiary/aromatic N) is 2. The Bertz CT molecular complexity index is 359. The molecule has 76 valence electrons. The minimum Gasteiger partial charge on any atom is -0.298 e. The molecule has 0 aliphatic rings. The number of hydrogen-bond donors (Lipinski definition) is 1. The van der Waals surface area contributed by atoms with Crippen molar-refractivity contribution in [2.24, 2.45) is 0 Å². The summed E-state index contributed by atoms with van der Waals surface area (Å²) in [5, 5.41) is 20.3. The Hall–Kier alpha value is -1.84. The molecule has 1 aromatic carbocycles. The van der Waals surface area contributed by atoms with Crippen LogP contribution in [-0.4, -0.2) is 6.04 Å². The summed E-state index contributed by atoms with van der Waals surface area (Å²) in [6.45, 7) is 0.671. The molecule has 0 aliphatic carbocycles. The predicted octanol–water partition coefficient (Wildman–Crippen LogP) is 1.97. The van der Waals surface area contributed by atoms with Gasteiger partial charge in [-0.05, 0) is 12.0 Å². The van der Waals surface area contributed by atoms with Crippen molar-refractivity contribution in [1.29, 1.82) is 10.5 Å². The molecule has 0 amide bonds. The number of benzene rings is 1. The third-order valence-corrected chi connectivity index (χ3v) is 2.10. The van der Waals surface area contributed by atoms with E-state index in [0.29, 0.717) is 19.4 Å². The van der Waals surface area contributed by atoms with Gasteiger partial charge >= 0.3 is 0 Å². The van der Waals surface area contributed by atoms with Gasteiger partial charge in [-0.2, -0.15) is 10.5 Å². The summed E-state index contributed by atoms with van der Waals surface area (Å²) in [7, 11) is 0. The average Bonchev–Trinajstić information content (AvgIpc) is 2.31. The van der Waals surface area contributed by atoms with Gasteiger partial charge in [0.2, 0.25) is 0 Å². The Labute approximate surface area is 90.0 Å². The highest BCUT2D eigenvalue weighted by atomic mass is 14.9. The fourth-order valence-electron chi connectivity index (χ4n) is 1.26. The summed E-state index contributed by atoms with van der Waals surface area (Å²) in [6, 6.07) is 13.9. The fraction of sp³-hybridized carbons (Fsp3) is 0.333. The van der Waals surface area contributed by atoms with Crippen molar-refractivity contribution in [3.05, 3.63) is 35.9 Å². The Morgan fingerprint density at radius 1 is 1.20 bits per heavy atom. The third kappa shape index (κ3) is 4.26. The highest BCUT2D eigenvalue weighted by Crippen LogP contribution is 2.00. The van der Waals surface area contributed by atoms with Crippen LogP contribution in [0, 0.1) is 22.7 Å². The van der Waals surface area contributed by atoms with E-state index >= 15 is 0 Å². The molecule has 0 spiro atoms. The summed E-state index contributed by atoms with van der Waals surface area (Å²) in [5.74, 6) is 0. The van der Waals surface area contributed by atoms with Gasteiger partial charge in [-0.1, -0.05) is 30.3 Å². The van der Waals surface area contributed by atoms with Crippen molar-refractivity contribution in [3.8, 4) is 12.1 Å². The van der Waals surface area contributed by atoms with Gasteiger partial charge < -0.3 is 0 Å². The van der Waals surface area contributed by atoms with Crippen LogP contribution in [0.25, 0.3) is 0 Å². The van der Waals surface area contributed by atoms with Gasteiger partial charge in [0.1, 0.15) is 0 Å². The maximum Gasteiger partial charge on any atom is 0.0965 e. The topological polar surface area (TPSA) is 59.6 Å².